The Labute approximate surface area is 300 Å². The molecule has 268 valence electrons. The normalized spacial score (nSPS) is 27.6. The standard InChI is InChI=1S/C41H40F3N5O3/c1-2-28-31(43)9-6-24-15-27(50)16-30(32(24)28)33-29-5-3-14-51-37(29)34-36(35(33)44)45-39(52-22-40-11-4-13-49(40)19-23(17-40)18-42)46-38(34)48-20-26-10-12-41(21-48,47-26)25-7-8-25/h1,6,9,15-16,18,25-26,47,50H,3-5,7-8,10-14,17,19-22H2/b23-18+/t26-,40-,41+/m0/s1. The van der Waals surface area contributed by atoms with Gasteiger partial charge in [-0.3, -0.25) is 4.90 Å². The van der Waals surface area contributed by atoms with E-state index in [0.717, 1.165) is 44.3 Å². The van der Waals surface area contributed by atoms with E-state index >= 15 is 8.78 Å². The zero-order valence-electron chi connectivity index (χ0n) is 28.9. The molecule has 52 heavy (non-hydrogen) atoms. The Bertz CT molecular complexity index is 2250. The fourth-order valence-corrected chi connectivity index (χ4v) is 10.3. The van der Waals surface area contributed by atoms with Crippen LogP contribution in [0.3, 0.4) is 0 Å². The van der Waals surface area contributed by atoms with Gasteiger partial charge in [-0.05, 0) is 105 Å². The SMILES string of the molecule is C#Cc1c(F)ccc2cc(O)cc(-c3c4c(c5c(N6C[C@@H]7CC[C@](C8CC8)(C6)N7)nc(OC[C@@]67CCCN6C/C(=C/F)C7)nc5c3F)OCCC4)c12. The Morgan fingerprint density at radius 1 is 1.13 bits per heavy atom. The van der Waals surface area contributed by atoms with Crippen LogP contribution in [-0.4, -0.2) is 76.5 Å². The van der Waals surface area contributed by atoms with Crippen LogP contribution >= 0.6 is 0 Å². The van der Waals surface area contributed by atoms with E-state index in [0.29, 0.717) is 84.5 Å². The summed E-state index contributed by atoms with van der Waals surface area (Å²) >= 11 is 0. The summed E-state index contributed by atoms with van der Waals surface area (Å²) in [6.07, 6.45) is 14.6. The van der Waals surface area contributed by atoms with E-state index in [4.69, 9.17) is 25.9 Å². The molecule has 11 heteroatoms. The summed E-state index contributed by atoms with van der Waals surface area (Å²) < 4.78 is 59.7. The van der Waals surface area contributed by atoms with Crippen molar-refractivity contribution in [2.45, 2.75) is 74.9 Å². The Kier molecular flexibility index (Phi) is 7.26. The molecule has 1 aromatic heterocycles. The minimum atomic E-state index is -0.633. The maximum atomic E-state index is 17.8. The zero-order valence-corrected chi connectivity index (χ0v) is 28.9. The molecule has 4 aromatic rings. The lowest BCUT2D eigenvalue weighted by Gasteiger charge is -2.43. The molecule has 4 saturated heterocycles. The molecule has 0 radical (unpaired) electrons. The van der Waals surface area contributed by atoms with Gasteiger partial charge in [0.05, 0.1) is 29.4 Å². The number of halogens is 3. The molecule has 2 bridgehead atoms. The van der Waals surface area contributed by atoms with Crippen molar-refractivity contribution in [3.8, 4) is 41.0 Å². The molecule has 8 nitrogen and oxygen atoms in total. The van der Waals surface area contributed by atoms with Gasteiger partial charge in [0.15, 0.2) is 5.82 Å². The predicted octanol–water partition coefficient (Wildman–Crippen LogP) is 6.93. The van der Waals surface area contributed by atoms with Crippen molar-refractivity contribution >= 4 is 27.5 Å². The summed E-state index contributed by atoms with van der Waals surface area (Å²) in [7, 11) is 0. The molecule has 3 aromatic carbocycles. The first-order valence-corrected chi connectivity index (χ1v) is 18.6. The summed E-state index contributed by atoms with van der Waals surface area (Å²) in [5.74, 6) is 2.79. The van der Waals surface area contributed by atoms with Crippen LogP contribution in [0.4, 0.5) is 19.0 Å². The fourth-order valence-electron chi connectivity index (χ4n) is 10.3. The van der Waals surface area contributed by atoms with Crippen LogP contribution in [0.25, 0.3) is 32.8 Å². The van der Waals surface area contributed by atoms with Crippen molar-refractivity contribution in [3.05, 3.63) is 58.9 Å². The Morgan fingerprint density at radius 2 is 2.02 bits per heavy atom. The number of nitrogens with one attached hydrogen (secondary N) is 1. The van der Waals surface area contributed by atoms with Gasteiger partial charge < -0.3 is 24.8 Å². The van der Waals surface area contributed by atoms with Gasteiger partial charge in [-0.2, -0.15) is 9.97 Å². The first kappa shape index (κ1) is 32.1. The van der Waals surface area contributed by atoms with E-state index in [-0.39, 0.29) is 57.7 Å². The van der Waals surface area contributed by atoms with E-state index in [2.05, 4.69) is 21.0 Å². The largest absolute Gasteiger partial charge is 0.508 e. The van der Waals surface area contributed by atoms with Gasteiger partial charge >= 0.3 is 6.01 Å². The maximum absolute atomic E-state index is 17.8. The van der Waals surface area contributed by atoms with Crippen LogP contribution in [0.1, 0.15) is 62.5 Å². The van der Waals surface area contributed by atoms with E-state index in [1.54, 1.807) is 0 Å². The van der Waals surface area contributed by atoms with E-state index in [1.807, 2.05) is 0 Å². The Balaban J connectivity index is 1.19. The van der Waals surface area contributed by atoms with Gasteiger partial charge in [0.1, 0.15) is 35.3 Å². The number of hydrogen-bond donors (Lipinski definition) is 2. The Morgan fingerprint density at radius 3 is 2.85 bits per heavy atom. The minimum absolute atomic E-state index is 0.00910. The van der Waals surface area contributed by atoms with Gasteiger partial charge in [-0.1, -0.05) is 12.0 Å². The molecule has 1 saturated carbocycles. The highest BCUT2D eigenvalue weighted by Crippen LogP contribution is 2.52. The number of phenolic OH excluding ortho intramolecular Hbond substituents is 1. The quantitative estimate of drug-likeness (QED) is 0.209. The lowest BCUT2D eigenvalue weighted by atomic mass is 9.87. The van der Waals surface area contributed by atoms with Crippen molar-refractivity contribution in [1.29, 1.82) is 0 Å². The molecule has 0 amide bonds. The highest BCUT2D eigenvalue weighted by molar-refractivity contribution is 6.07. The van der Waals surface area contributed by atoms with Gasteiger partial charge in [0.25, 0.3) is 0 Å². The molecule has 2 N–H and O–H groups in total. The molecule has 1 aliphatic carbocycles. The summed E-state index contributed by atoms with van der Waals surface area (Å²) in [6.45, 7) is 3.51. The topological polar surface area (TPSA) is 83.0 Å². The maximum Gasteiger partial charge on any atom is 0.319 e. The molecular weight excluding hydrogens is 667 g/mol. The van der Waals surface area contributed by atoms with Crippen molar-refractivity contribution < 1.29 is 27.8 Å². The first-order chi connectivity index (χ1) is 25.3. The van der Waals surface area contributed by atoms with Crippen molar-refractivity contribution in [3.63, 3.8) is 0 Å². The number of phenols is 1. The molecule has 5 aliphatic heterocycles. The highest BCUT2D eigenvalue weighted by Gasteiger charge is 2.54. The average molecular weight is 708 g/mol. The van der Waals surface area contributed by atoms with Crippen LogP contribution in [0.15, 0.2) is 36.2 Å². The molecule has 6 heterocycles. The number of aromatic nitrogens is 2. The molecule has 3 atom stereocenters. The third kappa shape index (κ3) is 4.83. The van der Waals surface area contributed by atoms with Crippen LogP contribution in [0.5, 0.6) is 17.5 Å². The highest BCUT2D eigenvalue weighted by atomic mass is 19.1. The average Bonchev–Trinajstić information content (AvgIpc) is 3.77. The van der Waals surface area contributed by atoms with Crippen molar-refractivity contribution in [2.75, 3.05) is 44.3 Å². The number of fused-ring (bicyclic) bond motifs is 7. The number of ether oxygens (including phenoxy) is 2. The number of benzene rings is 3. The minimum Gasteiger partial charge on any atom is -0.508 e. The van der Waals surface area contributed by atoms with Gasteiger partial charge in [0.2, 0.25) is 0 Å². The predicted molar refractivity (Wildman–Crippen MR) is 192 cm³/mol. The number of terminal acetylenes is 1. The number of rotatable bonds is 6. The lowest BCUT2D eigenvalue weighted by Crippen LogP contribution is -2.61. The van der Waals surface area contributed by atoms with E-state index in [9.17, 15) is 9.50 Å². The molecular formula is C41H40F3N5O3. The summed E-state index contributed by atoms with van der Waals surface area (Å²) in [4.78, 5) is 14.4. The van der Waals surface area contributed by atoms with Crippen molar-refractivity contribution in [1.82, 2.24) is 20.2 Å². The Hall–Kier alpha value is -4.53. The van der Waals surface area contributed by atoms with E-state index < -0.39 is 11.6 Å². The van der Waals surface area contributed by atoms with Gasteiger partial charge in [0, 0.05) is 47.7 Å². The molecule has 5 fully saturated rings. The number of anilines is 1. The summed E-state index contributed by atoms with van der Waals surface area (Å²) in [5.41, 5.74) is 1.42. The van der Waals surface area contributed by atoms with Crippen LogP contribution in [0, 0.1) is 29.9 Å². The van der Waals surface area contributed by atoms with Crippen LogP contribution in [-0.2, 0) is 6.42 Å². The second-order valence-electron chi connectivity index (χ2n) is 15.8. The smallest absolute Gasteiger partial charge is 0.319 e. The zero-order chi connectivity index (χ0) is 35.4. The summed E-state index contributed by atoms with van der Waals surface area (Å²) in [5, 5.41) is 16.1. The van der Waals surface area contributed by atoms with Crippen molar-refractivity contribution in [2.24, 2.45) is 5.92 Å². The lowest BCUT2D eigenvalue weighted by molar-refractivity contribution is 0.108. The molecule has 6 aliphatic rings. The third-order valence-electron chi connectivity index (χ3n) is 12.7. The van der Waals surface area contributed by atoms with E-state index in [1.165, 1.54) is 37.1 Å². The second kappa shape index (κ2) is 11.7. The molecule has 0 unspecified atom stereocenters. The van der Waals surface area contributed by atoms with Gasteiger partial charge in [-0.25, -0.2) is 13.2 Å². The fraction of sp³-hybridized carbons (Fsp3) is 0.463. The number of piperazine rings is 1. The first-order valence-electron chi connectivity index (χ1n) is 18.6. The van der Waals surface area contributed by atoms with Crippen LogP contribution < -0.4 is 19.7 Å². The molecule has 10 rings (SSSR count). The monoisotopic (exact) mass is 707 g/mol. The number of hydrogen-bond acceptors (Lipinski definition) is 8. The third-order valence-corrected chi connectivity index (χ3v) is 12.7. The van der Waals surface area contributed by atoms with Crippen LogP contribution in [0.2, 0.25) is 0 Å². The second-order valence-corrected chi connectivity index (χ2v) is 15.8. The number of nitrogens with zero attached hydrogens (tertiary/aromatic N) is 4. The number of aromatic hydroxyl groups is 1. The molecule has 0 spiro atoms. The van der Waals surface area contributed by atoms with Gasteiger partial charge in [-0.15, -0.1) is 6.42 Å². The summed E-state index contributed by atoms with van der Waals surface area (Å²) in [6, 6.07) is 6.06.